The van der Waals surface area contributed by atoms with Crippen molar-refractivity contribution in [3.63, 3.8) is 0 Å². The van der Waals surface area contributed by atoms with Crippen LogP contribution >= 0.6 is 0 Å². The number of rotatable bonds is 8. The maximum Gasteiger partial charge on any atom is 0.254 e. The molecule has 1 saturated carbocycles. The molecule has 182 valence electrons. The van der Waals surface area contributed by atoms with Gasteiger partial charge < -0.3 is 9.64 Å². The van der Waals surface area contributed by atoms with Crippen LogP contribution in [0.5, 0.6) is 5.88 Å². The van der Waals surface area contributed by atoms with Crippen molar-refractivity contribution < 1.29 is 17.9 Å². The molecule has 35 heavy (non-hydrogen) atoms. The van der Waals surface area contributed by atoms with Gasteiger partial charge in [0.25, 0.3) is 5.91 Å². The molecule has 3 heterocycles. The number of likely N-dealkylation sites (tertiary alicyclic amines) is 1. The molecule has 1 aliphatic heterocycles. The van der Waals surface area contributed by atoms with E-state index in [0.29, 0.717) is 54.5 Å². The zero-order valence-corrected chi connectivity index (χ0v) is 20.2. The quantitative estimate of drug-likeness (QED) is 0.507. The highest BCUT2D eigenvalue weighted by molar-refractivity contribution is 7.93. The Balaban J connectivity index is 1.32. The number of anilines is 1. The molecular weight excluding hydrogens is 466 g/mol. The van der Waals surface area contributed by atoms with Gasteiger partial charge in [0.05, 0.1) is 47.4 Å². The van der Waals surface area contributed by atoms with Crippen LogP contribution in [-0.4, -0.2) is 52.6 Å². The molecule has 2 aliphatic rings. The second-order valence-electron chi connectivity index (χ2n) is 8.73. The minimum absolute atomic E-state index is 0.0843. The number of sulfonamides is 1. The van der Waals surface area contributed by atoms with Crippen molar-refractivity contribution >= 4 is 21.6 Å². The molecule has 1 aromatic carbocycles. The number of aromatic nitrogens is 3. The van der Waals surface area contributed by atoms with E-state index in [1.54, 1.807) is 42.9 Å². The molecule has 0 radical (unpaired) electrons. The summed E-state index contributed by atoms with van der Waals surface area (Å²) in [5, 5.41) is -0.306. The second kappa shape index (κ2) is 9.61. The summed E-state index contributed by atoms with van der Waals surface area (Å²) in [6.07, 6.45) is 7.84. The minimum Gasteiger partial charge on any atom is -0.477 e. The number of benzene rings is 1. The van der Waals surface area contributed by atoms with Crippen LogP contribution in [0.15, 0.2) is 55.0 Å². The maximum atomic E-state index is 13.4. The Hall–Kier alpha value is -3.53. The van der Waals surface area contributed by atoms with E-state index >= 15 is 0 Å². The lowest BCUT2D eigenvalue weighted by Crippen LogP contribution is -2.31. The molecule has 9 nitrogen and oxygen atoms in total. The second-order valence-corrected chi connectivity index (χ2v) is 10.7. The van der Waals surface area contributed by atoms with Crippen molar-refractivity contribution in [3.05, 3.63) is 66.2 Å². The predicted molar refractivity (Wildman–Crippen MR) is 131 cm³/mol. The van der Waals surface area contributed by atoms with Gasteiger partial charge in [-0.1, -0.05) is 12.1 Å². The lowest BCUT2D eigenvalue weighted by Gasteiger charge is -2.25. The highest BCUT2D eigenvalue weighted by Crippen LogP contribution is 2.34. The molecule has 1 saturated heterocycles. The van der Waals surface area contributed by atoms with Gasteiger partial charge in [0.1, 0.15) is 0 Å². The van der Waals surface area contributed by atoms with Crippen molar-refractivity contribution in [3.8, 4) is 17.1 Å². The fourth-order valence-corrected chi connectivity index (χ4v) is 5.67. The summed E-state index contributed by atoms with van der Waals surface area (Å²) in [6, 6.07) is 10.5. The van der Waals surface area contributed by atoms with Crippen LogP contribution in [0.4, 0.5) is 5.69 Å². The molecule has 1 amide bonds. The van der Waals surface area contributed by atoms with Gasteiger partial charge in [-0.25, -0.2) is 13.4 Å². The number of amides is 1. The Labute approximate surface area is 204 Å². The maximum absolute atomic E-state index is 13.4. The lowest BCUT2D eigenvalue weighted by atomic mass is 10.1. The largest absolute Gasteiger partial charge is 0.477 e. The fourth-order valence-electron chi connectivity index (χ4n) is 4.29. The van der Waals surface area contributed by atoms with E-state index in [2.05, 4.69) is 19.7 Å². The smallest absolute Gasteiger partial charge is 0.254 e. The lowest BCUT2D eigenvalue weighted by molar-refractivity contribution is 0.0733. The van der Waals surface area contributed by atoms with Crippen LogP contribution in [0, 0.1) is 0 Å². The highest BCUT2D eigenvalue weighted by atomic mass is 32.2. The summed E-state index contributed by atoms with van der Waals surface area (Å²) >= 11 is 0. The molecule has 1 N–H and O–H groups in total. The van der Waals surface area contributed by atoms with Gasteiger partial charge >= 0.3 is 0 Å². The summed E-state index contributed by atoms with van der Waals surface area (Å²) in [6.45, 7) is 3.01. The first-order chi connectivity index (χ1) is 16.9. The van der Waals surface area contributed by atoms with E-state index in [0.717, 1.165) is 18.4 Å². The van der Waals surface area contributed by atoms with E-state index < -0.39 is 10.0 Å². The fraction of sp³-hybridized carbons (Fsp3) is 0.360. The average molecular weight is 494 g/mol. The van der Waals surface area contributed by atoms with Crippen LogP contribution in [0.25, 0.3) is 11.3 Å². The van der Waals surface area contributed by atoms with Gasteiger partial charge in [-0.15, -0.1) is 0 Å². The van der Waals surface area contributed by atoms with E-state index in [1.165, 1.54) is 0 Å². The van der Waals surface area contributed by atoms with Crippen LogP contribution in [0.2, 0.25) is 0 Å². The summed E-state index contributed by atoms with van der Waals surface area (Å²) in [5.41, 5.74) is 3.25. The molecule has 2 aromatic heterocycles. The minimum atomic E-state index is -3.36. The van der Waals surface area contributed by atoms with Crippen molar-refractivity contribution in [1.82, 2.24) is 19.9 Å². The molecule has 0 spiro atoms. The van der Waals surface area contributed by atoms with Gasteiger partial charge in [0, 0.05) is 23.9 Å². The van der Waals surface area contributed by atoms with E-state index in [-0.39, 0.29) is 17.2 Å². The summed E-state index contributed by atoms with van der Waals surface area (Å²) in [5.74, 6) is 0.373. The Bertz CT molecular complexity index is 1330. The zero-order chi connectivity index (χ0) is 24.4. The van der Waals surface area contributed by atoms with E-state index in [1.807, 2.05) is 24.0 Å². The first kappa shape index (κ1) is 23.2. The average Bonchev–Trinajstić information content (AvgIpc) is 3.62. The highest BCUT2D eigenvalue weighted by Gasteiger charge is 2.36. The molecule has 1 atom stereocenters. The number of carbonyl (C=O) groups is 1. The Morgan fingerprint density at radius 3 is 2.69 bits per heavy atom. The molecule has 3 aromatic rings. The summed E-state index contributed by atoms with van der Waals surface area (Å²) < 4.78 is 32.7. The predicted octanol–water partition coefficient (Wildman–Crippen LogP) is 3.82. The number of hydrogen-bond donors (Lipinski definition) is 1. The molecular formula is C25H27N5O4S. The molecule has 5 rings (SSSR count). The SMILES string of the molecule is CCOc1cncc(-c2ccc(C(=O)N3CCC[C@@H]3c3cc(NS(=O)(=O)C4CC4)ccn3)cc2)n1. The van der Waals surface area contributed by atoms with Crippen molar-refractivity contribution in [2.24, 2.45) is 0 Å². The first-order valence-corrected chi connectivity index (χ1v) is 13.3. The first-order valence-electron chi connectivity index (χ1n) is 11.8. The Morgan fingerprint density at radius 1 is 1.14 bits per heavy atom. The van der Waals surface area contributed by atoms with Gasteiger partial charge in [-0.3, -0.25) is 19.5 Å². The summed E-state index contributed by atoms with van der Waals surface area (Å²) in [7, 11) is -3.36. The van der Waals surface area contributed by atoms with Gasteiger partial charge in [-0.2, -0.15) is 0 Å². The molecule has 0 bridgehead atoms. The number of hydrogen-bond acceptors (Lipinski definition) is 7. The van der Waals surface area contributed by atoms with Crippen LogP contribution in [0.1, 0.15) is 54.7 Å². The van der Waals surface area contributed by atoms with Crippen LogP contribution < -0.4 is 9.46 Å². The monoisotopic (exact) mass is 493 g/mol. The van der Waals surface area contributed by atoms with Gasteiger partial charge in [-0.05, 0) is 56.9 Å². The third kappa shape index (κ3) is 5.12. The molecule has 2 fully saturated rings. The van der Waals surface area contributed by atoms with Crippen molar-refractivity contribution in [2.75, 3.05) is 17.9 Å². The van der Waals surface area contributed by atoms with Crippen molar-refractivity contribution in [1.29, 1.82) is 0 Å². The van der Waals surface area contributed by atoms with Crippen LogP contribution in [0.3, 0.4) is 0 Å². The van der Waals surface area contributed by atoms with Crippen LogP contribution in [-0.2, 0) is 10.0 Å². The number of nitrogens with zero attached hydrogens (tertiary/aromatic N) is 4. The number of pyridine rings is 1. The molecule has 0 unspecified atom stereocenters. The van der Waals surface area contributed by atoms with E-state index in [9.17, 15) is 13.2 Å². The Kier molecular flexibility index (Phi) is 6.38. The zero-order valence-electron chi connectivity index (χ0n) is 19.4. The number of carbonyl (C=O) groups excluding carboxylic acids is 1. The van der Waals surface area contributed by atoms with Gasteiger partial charge in [0.15, 0.2) is 0 Å². The molecule has 10 heteroatoms. The number of nitrogens with one attached hydrogen (secondary N) is 1. The van der Waals surface area contributed by atoms with Gasteiger partial charge in [0.2, 0.25) is 15.9 Å². The Morgan fingerprint density at radius 2 is 1.94 bits per heavy atom. The van der Waals surface area contributed by atoms with E-state index in [4.69, 9.17) is 4.74 Å². The summed E-state index contributed by atoms with van der Waals surface area (Å²) in [4.78, 5) is 28.3. The standard InChI is InChI=1S/C25H27N5O4S/c1-2-34-24-16-26-15-22(28-24)17-5-7-18(8-6-17)25(31)30-13-3-4-23(30)21-14-19(11-12-27-21)29-35(32,33)20-9-10-20/h5-8,11-12,14-16,20,23H,2-4,9-10,13H2,1H3,(H,27,29)/t23-/m1/s1. The van der Waals surface area contributed by atoms with Crippen molar-refractivity contribution in [2.45, 2.75) is 43.9 Å². The molecule has 1 aliphatic carbocycles. The normalized spacial score (nSPS) is 17.9. The third-order valence-corrected chi connectivity index (χ3v) is 8.06. The third-order valence-electron chi connectivity index (χ3n) is 6.19. The topological polar surface area (TPSA) is 114 Å². The number of ether oxygens (including phenoxy) is 1.